The van der Waals surface area contributed by atoms with E-state index in [1.54, 1.807) is 13.3 Å². The number of methoxy groups -OCH3 is 1. The quantitative estimate of drug-likeness (QED) is 0.848. The van der Waals surface area contributed by atoms with Crippen molar-refractivity contribution in [3.05, 3.63) is 60.1 Å². The van der Waals surface area contributed by atoms with Crippen LogP contribution in [0.3, 0.4) is 0 Å². The molecular formula is C19H23N3O. The molecule has 4 heteroatoms. The first-order valence-corrected chi connectivity index (χ1v) is 8.14. The lowest BCUT2D eigenvalue weighted by Crippen LogP contribution is -2.32. The number of ether oxygens (including phenoxy) is 1. The summed E-state index contributed by atoms with van der Waals surface area (Å²) in [7, 11) is 1.68. The van der Waals surface area contributed by atoms with E-state index in [-0.39, 0.29) is 0 Å². The molecular weight excluding hydrogens is 286 g/mol. The van der Waals surface area contributed by atoms with Crippen LogP contribution in [0, 0.1) is 5.92 Å². The van der Waals surface area contributed by atoms with Crippen molar-refractivity contribution in [1.82, 2.24) is 14.9 Å². The summed E-state index contributed by atoms with van der Waals surface area (Å²) in [6, 6.07) is 10.1. The second kappa shape index (κ2) is 7.88. The van der Waals surface area contributed by atoms with E-state index in [1.165, 1.54) is 12.8 Å². The number of piperidine rings is 1. The van der Waals surface area contributed by atoms with Crippen molar-refractivity contribution < 1.29 is 4.74 Å². The highest BCUT2D eigenvalue weighted by atomic mass is 16.5. The average molecular weight is 309 g/mol. The molecule has 1 saturated heterocycles. The first kappa shape index (κ1) is 15.7. The van der Waals surface area contributed by atoms with Crippen LogP contribution in [0.25, 0.3) is 6.08 Å². The minimum Gasteiger partial charge on any atom is -0.481 e. The van der Waals surface area contributed by atoms with Crippen molar-refractivity contribution >= 4 is 6.08 Å². The lowest BCUT2D eigenvalue weighted by Gasteiger charge is -2.30. The molecule has 0 atom stereocenters. The predicted octanol–water partition coefficient (Wildman–Crippen LogP) is 3.41. The van der Waals surface area contributed by atoms with Crippen LogP contribution in [-0.2, 0) is 6.54 Å². The minimum atomic E-state index is 0.643. The summed E-state index contributed by atoms with van der Waals surface area (Å²) in [5.41, 5.74) is 2.20. The lowest BCUT2D eigenvalue weighted by atomic mass is 9.96. The first-order chi connectivity index (χ1) is 11.3. The van der Waals surface area contributed by atoms with Gasteiger partial charge in [-0.15, -0.1) is 0 Å². The number of hydrogen-bond acceptors (Lipinski definition) is 4. The topological polar surface area (TPSA) is 38.2 Å². The van der Waals surface area contributed by atoms with Gasteiger partial charge in [0.1, 0.15) is 0 Å². The third-order valence-electron chi connectivity index (χ3n) is 4.30. The number of pyridine rings is 2. The Bertz CT molecular complexity index is 634. The number of hydrogen-bond donors (Lipinski definition) is 0. The lowest BCUT2D eigenvalue weighted by molar-refractivity contribution is 0.193. The SMILES string of the molecule is COc1ncccc1CN1CCC(C=Cc2ccccn2)CC1. The molecule has 0 aromatic carbocycles. The van der Waals surface area contributed by atoms with Crippen LogP contribution < -0.4 is 4.74 Å². The molecule has 4 nitrogen and oxygen atoms in total. The summed E-state index contributed by atoms with van der Waals surface area (Å²) in [6.07, 6.45) is 10.4. The third kappa shape index (κ3) is 4.39. The molecule has 2 aromatic heterocycles. The highest BCUT2D eigenvalue weighted by Crippen LogP contribution is 2.23. The van der Waals surface area contributed by atoms with Gasteiger partial charge in [0.2, 0.25) is 5.88 Å². The summed E-state index contributed by atoms with van der Waals surface area (Å²) in [5.74, 6) is 1.38. The van der Waals surface area contributed by atoms with Gasteiger partial charge in [0.15, 0.2) is 0 Å². The van der Waals surface area contributed by atoms with E-state index in [9.17, 15) is 0 Å². The van der Waals surface area contributed by atoms with Gasteiger partial charge in [-0.1, -0.05) is 18.2 Å². The van der Waals surface area contributed by atoms with Crippen LogP contribution in [0.15, 0.2) is 48.8 Å². The molecule has 0 bridgehead atoms. The Balaban J connectivity index is 1.51. The van der Waals surface area contributed by atoms with Gasteiger partial charge >= 0.3 is 0 Å². The minimum absolute atomic E-state index is 0.643. The predicted molar refractivity (Wildman–Crippen MR) is 92.1 cm³/mol. The van der Waals surface area contributed by atoms with Gasteiger partial charge in [0.25, 0.3) is 0 Å². The van der Waals surface area contributed by atoms with Crippen molar-refractivity contribution in [1.29, 1.82) is 0 Å². The summed E-state index contributed by atoms with van der Waals surface area (Å²) in [5, 5.41) is 0. The molecule has 0 unspecified atom stereocenters. The fourth-order valence-corrected chi connectivity index (χ4v) is 2.98. The fourth-order valence-electron chi connectivity index (χ4n) is 2.98. The van der Waals surface area contributed by atoms with Gasteiger partial charge in [-0.2, -0.15) is 0 Å². The molecule has 0 aliphatic carbocycles. The molecule has 23 heavy (non-hydrogen) atoms. The molecule has 3 heterocycles. The normalized spacial score (nSPS) is 16.7. The Morgan fingerprint density at radius 3 is 2.70 bits per heavy atom. The Morgan fingerprint density at radius 1 is 1.13 bits per heavy atom. The van der Waals surface area contributed by atoms with Gasteiger partial charge < -0.3 is 4.74 Å². The summed E-state index contributed by atoms with van der Waals surface area (Å²) < 4.78 is 5.34. The van der Waals surface area contributed by atoms with Gasteiger partial charge in [0, 0.05) is 24.5 Å². The smallest absolute Gasteiger partial charge is 0.217 e. The molecule has 0 amide bonds. The molecule has 120 valence electrons. The number of aromatic nitrogens is 2. The molecule has 1 fully saturated rings. The van der Waals surface area contributed by atoms with Crippen molar-refractivity contribution in [2.75, 3.05) is 20.2 Å². The largest absolute Gasteiger partial charge is 0.481 e. The van der Waals surface area contributed by atoms with Crippen LogP contribution in [0.1, 0.15) is 24.1 Å². The fraction of sp³-hybridized carbons (Fsp3) is 0.368. The average Bonchev–Trinajstić information content (AvgIpc) is 2.62. The van der Waals surface area contributed by atoms with E-state index in [4.69, 9.17) is 4.74 Å². The number of rotatable bonds is 5. The molecule has 1 aliphatic heterocycles. The Kier molecular flexibility index (Phi) is 5.37. The van der Waals surface area contributed by atoms with Gasteiger partial charge in [-0.3, -0.25) is 9.88 Å². The van der Waals surface area contributed by atoms with Crippen molar-refractivity contribution in [3.63, 3.8) is 0 Å². The van der Waals surface area contributed by atoms with Crippen LogP contribution in [-0.4, -0.2) is 35.1 Å². The number of allylic oxidation sites excluding steroid dienone is 1. The van der Waals surface area contributed by atoms with Crippen LogP contribution in [0.5, 0.6) is 5.88 Å². The maximum Gasteiger partial charge on any atom is 0.217 e. The Morgan fingerprint density at radius 2 is 1.96 bits per heavy atom. The standard InChI is InChI=1S/C19H23N3O/c1-23-19-17(5-4-12-21-19)15-22-13-9-16(10-14-22)7-8-18-6-2-3-11-20-18/h2-8,11-12,16H,9-10,13-15H2,1H3. The van der Waals surface area contributed by atoms with Gasteiger partial charge in [0.05, 0.1) is 12.8 Å². The van der Waals surface area contributed by atoms with Gasteiger partial charge in [-0.05, 0) is 56.1 Å². The molecule has 0 spiro atoms. The zero-order valence-corrected chi connectivity index (χ0v) is 13.6. The van der Waals surface area contributed by atoms with Crippen LogP contribution in [0.2, 0.25) is 0 Å². The molecule has 0 N–H and O–H groups in total. The number of likely N-dealkylation sites (tertiary alicyclic amines) is 1. The summed E-state index contributed by atoms with van der Waals surface area (Å²) in [6.45, 7) is 3.12. The highest BCUT2D eigenvalue weighted by Gasteiger charge is 2.18. The van der Waals surface area contributed by atoms with E-state index in [2.05, 4.69) is 33.1 Å². The highest BCUT2D eigenvalue weighted by molar-refractivity contribution is 5.44. The summed E-state index contributed by atoms with van der Waals surface area (Å²) >= 11 is 0. The Hall–Kier alpha value is -2.20. The van der Waals surface area contributed by atoms with E-state index < -0.39 is 0 Å². The molecule has 0 saturated carbocycles. The maximum absolute atomic E-state index is 5.34. The Labute approximate surface area is 137 Å². The second-order valence-corrected chi connectivity index (χ2v) is 5.90. The van der Waals surface area contributed by atoms with Crippen molar-refractivity contribution in [2.45, 2.75) is 19.4 Å². The van der Waals surface area contributed by atoms with Gasteiger partial charge in [-0.25, -0.2) is 4.98 Å². The van der Waals surface area contributed by atoms with E-state index in [0.717, 1.165) is 36.8 Å². The van der Waals surface area contributed by atoms with Crippen molar-refractivity contribution in [3.8, 4) is 5.88 Å². The molecule has 1 aliphatic rings. The molecule has 0 radical (unpaired) electrons. The van der Waals surface area contributed by atoms with Crippen LogP contribution >= 0.6 is 0 Å². The van der Waals surface area contributed by atoms with Crippen LogP contribution in [0.4, 0.5) is 0 Å². The molecule has 2 aromatic rings. The zero-order valence-electron chi connectivity index (χ0n) is 13.6. The van der Waals surface area contributed by atoms with Crippen molar-refractivity contribution in [2.24, 2.45) is 5.92 Å². The van der Waals surface area contributed by atoms with E-state index in [1.807, 2.05) is 30.5 Å². The third-order valence-corrected chi connectivity index (χ3v) is 4.30. The van der Waals surface area contributed by atoms with E-state index in [0.29, 0.717) is 5.92 Å². The number of nitrogens with zero attached hydrogens (tertiary/aromatic N) is 3. The zero-order chi connectivity index (χ0) is 15.9. The molecule has 3 rings (SSSR count). The second-order valence-electron chi connectivity index (χ2n) is 5.90. The van der Waals surface area contributed by atoms with E-state index >= 15 is 0 Å². The maximum atomic E-state index is 5.34. The first-order valence-electron chi connectivity index (χ1n) is 8.14. The summed E-state index contributed by atoms with van der Waals surface area (Å²) in [4.78, 5) is 11.1. The monoisotopic (exact) mass is 309 g/mol.